The van der Waals surface area contributed by atoms with Crippen molar-refractivity contribution < 1.29 is 8.83 Å². The Morgan fingerprint density at radius 3 is 1.64 bits per heavy atom. The van der Waals surface area contributed by atoms with E-state index in [1.165, 1.54) is 0 Å². The summed E-state index contributed by atoms with van der Waals surface area (Å²) < 4.78 is 12.2. The van der Waals surface area contributed by atoms with Gasteiger partial charge in [-0.1, -0.05) is 60.7 Å². The highest BCUT2D eigenvalue weighted by Gasteiger charge is 2.18. The predicted molar refractivity (Wildman–Crippen MR) is 167 cm³/mol. The Labute approximate surface area is 240 Å². The Bertz CT molecular complexity index is 2450. The molecule has 0 saturated heterocycles. The van der Waals surface area contributed by atoms with Gasteiger partial charge in [0, 0.05) is 21.5 Å². The molecular weight excluding hydrogens is 516 g/mol. The summed E-state index contributed by atoms with van der Waals surface area (Å²) in [7, 11) is 0. The number of furan rings is 2. The third-order valence-corrected chi connectivity index (χ3v) is 7.94. The third-order valence-electron chi connectivity index (χ3n) is 7.94. The molecule has 0 unspecified atom stereocenters. The molecule has 0 atom stereocenters. The number of hydrogen-bond donors (Lipinski definition) is 0. The SMILES string of the molecule is N#Cc1cccc(-c2c(-c3ccc4oc5ccccc5c4c3)cccc2-c2ccc3oc4ccc(C#N)cc4c3c2)c1. The molecule has 8 aromatic rings. The quantitative estimate of drug-likeness (QED) is 0.225. The lowest BCUT2D eigenvalue weighted by molar-refractivity contribution is 0.668. The van der Waals surface area contributed by atoms with Crippen molar-refractivity contribution in [3.8, 4) is 45.5 Å². The van der Waals surface area contributed by atoms with Crippen LogP contribution in [-0.2, 0) is 0 Å². The number of nitrogens with zero attached hydrogens (tertiary/aromatic N) is 2. The molecule has 42 heavy (non-hydrogen) atoms. The van der Waals surface area contributed by atoms with Crippen molar-refractivity contribution in [1.82, 2.24) is 0 Å². The molecule has 0 bridgehead atoms. The fourth-order valence-electron chi connectivity index (χ4n) is 6.00. The van der Waals surface area contributed by atoms with Crippen LogP contribution in [0.4, 0.5) is 0 Å². The number of benzene rings is 6. The molecule has 0 N–H and O–H groups in total. The zero-order valence-electron chi connectivity index (χ0n) is 22.3. The van der Waals surface area contributed by atoms with Crippen LogP contribution in [0.1, 0.15) is 11.1 Å². The zero-order valence-corrected chi connectivity index (χ0v) is 22.3. The Balaban J connectivity index is 1.40. The molecule has 0 radical (unpaired) electrons. The van der Waals surface area contributed by atoms with Crippen LogP contribution in [0.15, 0.2) is 130 Å². The first-order valence-electron chi connectivity index (χ1n) is 13.6. The lowest BCUT2D eigenvalue weighted by Gasteiger charge is -2.17. The summed E-state index contributed by atoms with van der Waals surface area (Å²) in [5, 5.41) is 23.2. The molecule has 0 saturated carbocycles. The number of hydrogen-bond acceptors (Lipinski definition) is 4. The Morgan fingerprint density at radius 2 is 0.952 bits per heavy atom. The van der Waals surface area contributed by atoms with E-state index in [1.807, 2.05) is 60.7 Å². The molecular formula is C38H20N2O2. The minimum atomic E-state index is 0.591. The molecule has 2 heterocycles. The van der Waals surface area contributed by atoms with Gasteiger partial charge in [0.2, 0.25) is 0 Å². The summed E-state index contributed by atoms with van der Waals surface area (Å²) in [5.74, 6) is 0. The van der Waals surface area contributed by atoms with Gasteiger partial charge in [-0.25, -0.2) is 0 Å². The molecule has 2 aromatic heterocycles. The molecule has 0 amide bonds. The number of fused-ring (bicyclic) bond motifs is 6. The van der Waals surface area contributed by atoms with E-state index < -0.39 is 0 Å². The standard InChI is InChI=1S/C38H20N2O2/c39-21-23-5-3-6-27(17-23)38-28(25-12-15-36-32(19-25)30-7-1-2-10-34(30)41-36)8-4-9-29(38)26-13-16-37-33(20-26)31-18-24(22-40)11-14-35(31)42-37/h1-20H. The average molecular weight is 537 g/mol. The first-order chi connectivity index (χ1) is 20.7. The van der Waals surface area contributed by atoms with Gasteiger partial charge in [-0.2, -0.15) is 10.5 Å². The van der Waals surface area contributed by atoms with Crippen molar-refractivity contribution in [2.24, 2.45) is 0 Å². The molecule has 0 aliphatic heterocycles. The first kappa shape index (κ1) is 23.8. The van der Waals surface area contributed by atoms with Crippen LogP contribution >= 0.6 is 0 Å². The second-order valence-corrected chi connectivity index (χ2v) is 10.4. The van der Waals surface area contributed by atoms with Crippen LogP contribution in [0.5, 0.6) is 0 Å². The van der Waals surface area contributed by atoms with Gasteiger partial charge < -0.3 is 8.83 Å². The van der Waals surface area contributed by atoms with Crippen molar-refractivity contribution >= 4 is 43.9 Å². The highest BCUT2D eigenvalue weighted by atomic mass is 16.3. The summed E-state index contributed by atoms with van der Waals surface area (Å²) in [5.41, 5.74) is 10.6. The minimum absolute atomic E-state index is 0.591. The van der Waals surface area contributed by atoms with E-state index in [0.29, 0.717) is 11.1 Å². The van der Waals surface area contributed by atoms with E-state index in [2.05, 4.69) is 66.7 Å². The number of nitriles is 2. The Morgan fingerprint density at radius 1 is 0.405 bits per heavy atom. The third kappa shape index (κ3) is 3.68. The molecule has 4 nitrogen and oxygen atoms in total. The molecule has 0 spiro atoms. The molecule has 6 aromatic carbocycles. The average Bonchev–Trinajstić information content (AvgIpc) is 3.61. The van der Waals surface area contributed by atoms with E-state index >= 15 is 0 Å². The lowest BCUT2D eigenvalue weighted by atomic mass is 9.86. The maximum absolute atomic E-state index is 9.72. The fraction of sp³-hybridized carbons (Fsp3) is 0. The molecule has 0 aliphatic carbocycles. The smallest absolute Gasteiger partial charge is 0.135 e. The van der Waals surface area contributed by atoms with Gasteiger partial charge >= 0.3 is 0 Å². The van der Waals surface area contributed by atoms with Crippen LogP contribution in [0, 0.1) is 22.7 Å². The van der Waals surface area contributed by atoms with Crippen molar-refractivity contribution in [2.45, 2.75) is 0 Å². The molecule has 4 heteroatoms. The first-order valence-corrected chi connectivity index (χ1v) is 13.6. The highest BCUT2D eigenvalue weighted by Crippen LogP contribution is 2.43. The van der Waals surface area contributed by atoms with Gasteiger partial charge in [-0.15, -0.1) is 0 Å². The monoisotopic (exact) mass is 536 g/mol. The highest BCUT2D eigenvalue weighted by molar-refractivity contribution is 6.09. The van der Waals surface area contributed by atoms with Crippen molar-refractivity contribution in [3.63, 3.8) is 0 Å². The number of para-hydroxylation sites is 1. The predicted octanol–water partition coefficient (Wildman–Crippen LogP) is 10.2. The van der Waals surface area contributed by atoms with Gasteiger partial charge in [0.15, 0.2) is 0 Å². The fourth-order valence-corrected chi connectivity index (χ4v) is 6.00. The Hall–Kier alpha value is -6.10. The van der Waals surface area contributed by atoms with Gasteiger partial charge in [0.25, 0.3) is 0 Å². The van der Waals surface area contributed by atoms with E-state index in [0.717, 1.165) is 77.3 Å². The van der Waals surface area contributed by atoms with E-state index in [1.54, 1.807) is 6.07 Å². The van der Waals surface area contributed by atoms with Crippen LogP contribution in [-0.4, -0.2) is 0 Å². The zero-order chi connectivity index (χ0) is 28.2. The molecule has 0 aliphatic rings. The second-order valence-electron chi connectivity index (χ2n) is 10.4. The second kappa shape index (κ2) is 9.24. The van der Waals surface area contributed by atoms with E-state index in [4.69, 9.17) is 8.83 Å². The van der Waals surface area contributed by atoms with Crippen LogP contribution < -0.4 is 0 Å². The molecule has 0 fully saturated rings. The molecule has 194 valence electrons. The maximum atomic E-state index is 9.72. The van der Waals surface area contributed by atoms with Gasteiger partial charge in [0.1, 0.15) is 22.3 Å². The summed E-state index contributed by atoms with van der Waals surface area (Å²) in [6.07, 6.45) is 0. The van der Waals surface area contributed by atoms with Gasteiger partial charge in [-0.3, -0.25) is 0 Å². The molecule has 8 rings (SSSR count). The van der Waals surface area contributed by atoms with Crippen LogP contribution in [0.25, 0.3) is 77.3 Å². The van der Waals surface area contributed by atoms with Gasteiger partial charge in [-0.05, 0) is 94.0 Å². The summed E-state index contributed by atoms with van der Waals surface area (Å²) >= 11 is 0. The summed E-state index contributed by atoms with van der Waals surface area (Å²) in [6.45, 7) is 0. The van der Waals surface area contributed by atoms with Gasteiger partial charge in [0.05, 0.1) is 23.3 Å². The normalized spacial score (nSPS) is 11.3. The van der Waals surface area contributed by atoms with E-state index in [9.17, 15) is 10.5 Å². The minimum Gasteiger partial charge on any atom is -0.456 e. The van der Waals surface area contributed by atoms with Crippen molar-refractivity contribution in [1.29, 1.82) is 10.5 Å². The largest absolute Gasteiger partial charge is 0.456 e. The Kier molecular flexibility index (Phi) is 5.22. The maximum Gasteiger partial charge on any atom is 0.135 e. The van der Waals surface area contributed by atoms with Crippen molar-refractivity contribution in [3.05, 3.63) is 132 Å². The topological polar surface area (TPSA) is 73.9 Å². The number of rotatable bonds is 3. The van der Waals surface area contributed by atoms with Crippen LogP contribution in [0.2, 0.25) is 0 Å². The van der Waals surface area contributed by atoms with E-state index in [-0.39, 0.29) is 0 Å². The van der Waals surface area contributed by atoms with Crippen molar-refractivity contribution in [2.75, 3.05) is 0 Å². The lowest BCUT2D eigenvalue weighted by Crippen LogP contribution is -1.91. The summed E-state index contributed by atoms with van der Waals surface area (Å²) in [4.78, 5) is 0. The van der Waals surface area contributed by atoms with Crippen LogP contribution in [0.3, 0.4) is 0 Å². The summed E-state index contributed by atoms with van der Waals surface area (Å²) in [6, 6.07) is 44.7.